The number of nitrogens with zero attached hydrogens (tertiary/aromatic N) is 1. The summed E-state index contributed by atoms with van der Waals surface area (Å²) < 4.78 is 1.13. The molecule has 1 heterocycles. The largest absolute Gasteiger partial charge is 0.325 e. The highest BCUT2D eigenvalue weighted by Crippen LogP contribution is 2.12. The van der Waals surface area contributed by atoms with E-state index >= 15 is 0 Å². The third-order valence-corrected chi connectivity index (χ3v) is 3.58. The van der Waals surface area contributed by atoms with Crippen molar-refractivity contribution >= 4 is 34.2 Å². The predicted molar refractivity (Wildman–Crippen MR) is 81.7 cm³/mol. The molecule has 1 amide bonds. The summed E-state index contributed by atoms with van der Waals surface area (Å²) in [6, 6.07) is 7.86. The first-order chi connectivity index (χ1) is 8.74. The molecule has 0 radical (unpaired) electrons. The van der Waals surface area contributed by atoms with Gasteiger partial charge in [0.25, 0.3) is 0 Å². The van der Waals surface area contributed by atoms with Gasteiger partial charge in [0, 0.05) is 22.3 Å². The van der Waals surface area contributed by atoms with Crippen molar-refractivity contribution in [3.63, 3.8) is 0 Å². The highest BCUT2D eigenvalue weighted by Gasteiger charge is 2.12. The van der Waals surface area contributed by atoms with Crippen LogP contribution in [0.4, 0.5) is 5.69 Å². The number of nitrogens with one attached hydrogen (secondary N) is 2. The molecular weight excluding hydrogens is 341 g/mol. The Bertz CT molecular complexity index is 403. The third-order valence-electron chi connectivity index (χ3n) is 2.91. The molecule has 0 spiro atoms. The Morgan fingerprint density at radius 3 is 3.11 bits per heavy atom. The molecule has 0 unspecified atom stereocenters. The Morgan fingerprint density at radius 2 is 2.28 bits per heavy atom. The fourth-order valence-electron chi connectivity index (χ4n) is 2.03. The van der Waals surface area contributed by atoms with E-state index in [1.165, 1.54) is 0 Å². The van der Waals surface area contributed by atoms with E-state index in [0.29, 0.717) is 6.54 Å². The molecule has 1 aromatic rings. The second kappa shape index (κ2) is 7.06. The van der Waals surface area contributed by atoms with Crippen molar-refractivity contribution in [2.45, 2.75) is 6.42 Å². The molecule has 4 nitrogen and oxygen atoms in total. The molecule has 2 N–H and O–H groups in total. The van der Waals surface area contributed by atoms with Crippen molar-refractivity contribution < 1.29 is 4.79 Å². The van der Waals surface area contributed by atoms with Crippen LogP contribution in [0.5, 0.6) is 0 Å². The van der Waals surface area contributed by atoms with Gasteiger partial charge in [-0.1, -0.05) is 6.07 Å². The fourth-order valence-corrected chi connectivity index (χ4v) is 2.57. The minimum Gasteiger partial charge on any atom is -0.325 e. The van der Waals surface area contributed by atoms with E-state index < -0.39 is 0 Å². The summed E-state index contributed by atoms with van der Waals surface area (Å²) in [6.45, 7) is 4.44. The van der Waals surface area contributed by atoms with Crippen LogP contribution in [0.3, 0.4) is 0 Å². The number of carbonyl (C=O) groups excluding carboxylic acids is 1. The van der Waals surface area contributed by atoms with Crippen LogP contribution < -0.4 is 10.6 Å². The number of benzene rings is 1. The summed E-state index contributed by atoms with van der Waals surface area (Å²) in [5.74, 6) is 0.0684. The maximum atomic E-state index is 11.9. The Balaban J connectivity index is 1.84. The molecule has 98 valence electrons. The van der Waals surface area contributed by atoms with Gasteiger partial charge in [0.1, 0.15) is 0 Å². The van der Waals surface area contributed by atoms with Crippen molar-refractivity contribution in [2.24, 2.45) is 0 Å². The number of anilines is 1. The normalized spacial score (nSPS) is 17.2. The summed E-state index contributed by atoms with van der Waals surface area (Å²) in [5.41, 5.74) is 0.875. The number of amides is 1. The maximum absolute atomic E-state index is 11.9. The van der Waals surface area contributed by atoms with Gasteiger partial charge in [-0.05, 0) is 60.3 Å². The van der Waals surface area contributed by atoms with E-state index in [0.717, 1.165) is 41.9 Å². The van der Waals surface area contributed by atoms with Crippen LogP contribution in [0.1, 0.15) is 6.42 Å². The van der Waals surface area contributed by atoms with E-state index in [1.807, 2.05) is 24.3 Å². The first-order valence-electron chi connectivity index (χ1n) is 6.22. The van der Waals surface area contributed by atoms with Crippen LogP contribution in [-0.2, 0) is 4.79 Å². The summed E-state index contributed by atoms with van der Waals surface area (Å²) in [4.78, 5) is 14.1. The van der Waals surface area contributed by atoms with Crippen LogP contribution in [0, 0.1) is 3.57 Å². The van der Waals surface area contributed by atoms with Crippen LogP contribution in [-0.4, -0.2) is 43.5 Å². The molecule has 2 rings (SSSR count). The summed E-state index contributed by atoms with van der Waals surface area (Å²) in [5, 5.41) is 6.28. The van der Waals surface area contributed by atoms with Gasteiger partial charge in [-0.25, -0.2) is 0 Å². The van der Waals surface area contributed by atoms with Crippen LogP contribution >= 0.6 is 22.6 Å². The molecular formula is C13H18IN3O. The first-order valence-corrected chi connectivity index (χ1v) is 7.30. The molecule has 0 saturated carbocycles. The molecule has 1 saturated heterocycles. The van der Waals surface area contributed by atoms with Crippen molar-refractivity contribution in [3.8, 4) is 0 Å². The molecule has 0 aromatic heterocycles. The van der Waals surface area contributed by atoms with Crippen molar-refractivity contribution in [3.05, 3.63) is 27.8 Å². The van der Waals surface area contributed by atoms with E-state index in [1.54, 1.807) is 0 Å². The van der Waals surface area contributed by atoms with Crippen molar-refractivity contribution in [1.82, 2.24) is 10.2 Å². The molecule has 1 aliphatic rings. The van der Waals surface area contributed by atoms with Gasteiger partial charge in [-0.3, -0.25) is 9.69 Å². The van der Waals surface area contributed by atoms with E-state index in [-0.39, 0.29) is 5.91 Å². The Hall–Kier alpha value is -0.660. The minimum atomic E-state index is 0.0684. The standard InChI is InChI=1S/C13H18IN3O/c14-11-3-1-4-12(9-11)16-13(18)10-17-7-2-5-15-6-8-17/h1,3-4,9,15H,2,5-8,10H2,(H,16,18). The topological polar surface area (TPSA) is 44.4 Å². The van der Waals surface area contributed by atoms with Crippen LogP contribution in [0.15, 0.2) is 24.3 Å². The highest BCUT2D eigenvalue weighted by atomic mass is 127. The van der Waals surface area contributed by atoms with Crippen molar-refractivity contribution in [2.75, 3.05) is 38.0 Å². The summed E-state index contributed by atoms with van der Waals surface area (Å²) >= 11 is 2.24. The molecule has 5 heteroatoms. The van der Waals surface area contributed by atoms with E-state index in [2.05, 4.69) is 38.1 Å². The third kappa shape index (κ3) is 4.55. The molecule has 18 heavy (non-hydrogen) atoms. The Morgan fingerprint density at radius 1 is 1.39 bits per heavy atom. The lowest BCUT2D eigenvalue weighted by atomic mass is 10.3. The van der Waals surface area contributed by atoms with Gasteiger partial charge < -0.3 is 10.6 Å². The molecule has 0 aliphatic carbocycles. The number of hydrogen-bond donors (Lipinski definition) is 2. The number of halogens is 1. The molecule has 1 aliphatic heterocycles. The zero-order valence-corrected chi connectivity index (χ0v) is 12.4. The highest BCUT2D eigenvalue weighted by molar-refractivity contribution is 14.1. The SMILES string of the molecule is O=C(CN1CCCNCC1)Nc1cccc(I)c1. The minimum absolute atomic E-state index is 0.0684. The Kier molecular flexibility index (Phi) is 5.40. The molecule has 1 aromatic carbocycles. The zero-order chi connectivity index (χ0) is 12.8. The van der Waals surface area contributed by atoms with Crippen LogP contribution in [0.2, 0.25) is 0 Å². The zero-order valence-electron chi connectivity index (χ0n) is 10.3. The Labute approximate surface area is 121 Å². The number of carbonyl (C=O) groups is 1. The predicted octanol–water partition coefficient (Wildman–Crippen LogP) is 1.53. The average Bonchev–Trinajstić information content (AvgIpc) is 2.57. The lowest BCUT2D eigenvalue weighted by molar-refractivity contribution is -0.117. The van der Waals surface area contributed by atoms with Gasteiger partial charge in [0.2, 0.25) is 5.91 Å². The fraction of sp³-hybridized carbons (Fsp3) is 0.462. The van der Waals surface area contributed by atoms with Gasteiger partial charge >= 0.3 is 0 Å². The first kappa shape index (κ1) is 13.8. The van der Waals surface area contributed by atoms with E-state index in [4.69, 9.17) is 0 Å². The van der Waals surface area contributed by atoms with Crippen molar-refractivity contribution in [1.29, 1.82) is 0 Å². The lowest BCUT2D eigenvalue weighted by Crippen LogP contribution is -2.35. The van der Waals surface area contributed by atoms with Gasteiger partial charge in [0.05, 0.1) is 6.54 Å². The monoisotopic (exact) mass is 359 g/mol. The second-order valence-corrected chi connectivity index (χ2v) is 5.68. The van der Waals surface area contributed by atoms with Gasteiger partial charge in [-0.2, -0.15) is 0 Å². The maximum Gasteiger partial charge on any atom is 0.238 e. The second-order valence-electron chi connectivity index (χ2n) is 4.44. The molecule has 0 bridgehead atoms. The summed E-state index contributed by atoms with van der Waals surface area (Å²) in [6.07, 6.45) is 1.11. The molecule has 1 fully saturated rings. The lowest BCUT2D eigenvalue weighted by Gasteiger charge is -2.18. The number of rotatable bonds is 3. The number of hydrogen-bond acceptors (Lipinski definition) is 3. The average molecular weight is 359 g/mol. The van der Waals surface area contributed by atoms with Gasteiger partial charge in [0.15, 0.2) is 0 Å². The van der Waals surface area contributed by atoms with Gasteiger partial charge in [-0.15, -0.1) is 0 Å². The smallest absolute Gasteiger partial charge is 0.238 e. The van der Waals surface area contributed by atoms with E-state index in [9.17, 15) is 4.79 Å². The quantitative estimate of drug-likeness (QED) is 0.805. The summed E-state index contributed by atoms with van der Waals surface area (Å²) in [7, 11) is 0. The molecule has 0 atom stereocenters. The van der Waals surface area contributed by atoms with Crippen LogP contribution in [0.25, 0.3) is 0 Å².